The van der Waals surface area contributed by atoms with Gasteiger partial charge in [0.25, 0.3) is 5.91 Å². The van der Waals surface area contributed by atoms with Crippen molar-refractivity contribution in [2.75, 3.05) is 14.2 Å². The highest BCUT2D eigenvalue weighted by molar-refractivity contribution is 6.34. The molecule has 2 aromatic carbocycles. The van der Waals surface area contributed by atoms with E-state index in [2.05, 4.69) is 0 Å². The lowest BCUT2D eigenvalue weighted by Crippen LogP contribution is -2.50. The predicted octanol–water partition coefficient (Wildman–Crippen LogP) is 4.77. The first-order valence-corrected chi connectivity index (χ1v) is 10.8. The first kappa shape index (κ1) is 23.1. The summed E-state index contributed by atoms with van der Waals surface area (Å²) in [6.45, 7) is 0.661. The second-order valence-corrected chi connectivity index (χ2v) is 8.56. The number of carbonyl (C=O) groups excluding carboxylic acids is 2. The normalized spacial score (nSPS) is 20.7. The Morgan fingerprint density at radius 1 is 1.00 bits per heavy atom. The first-order chi connectivity index (χ1) is 14.9. The first-order valence-electron chi connectivity index (χ1n) is 10.5. The number of rotatable bonds is 7. The quantitative estimate of drug-likeness (QED) is 0.456. The number of hydrogen-bond donors (Lipinski definition) is 0. The van der Waals surface area contributed by atoms with E-state index in [0.717, 1.165) is 11.1 Å². The van der Waals surface area contributed by atoms with Crippen LogP contribution in [0.1, 0.15) is 36.8 Å². The molecule has 31 heavy (non-hydrogen) atoms. The minimum atomic E-state index is -1.01. The van der Waals surface area contributed by atoms with Crippen molar-refractivity contribution in [1.82, 2.24) is 9.96 Å². The van der Waals surface area contributed by atoms with Gasteiger partial charge in [0, 0.05) is 19.6 Å². The lowest BCUT2D eigenvalue weighted by Gasteiger charge is -2.40. The molecule has 1 aliphatic rings. The van der Waals surface area contributed by atoms with E-state index in [0.29, 0.717) is 32.2 Å². The topological polar surface area (TPSA) is 59.1 Å². The summed E-state index contributed by atoms with van der Waals surface area (Å²) in [7, 11) is 3.00. The Bertz CT molecular complexity index is 854. The number of benzene rings is 2. The van der Waals surface area contributed by atoms with Gasteiger partial charge in [-0.3, -0.25) is 9.63 Å². The molecule has 0 unspecified atom stereocenters. The van der Waals surface area contributed by atoms with Gasteiger partial charge in [-0.05, 0) is 36.8 Å². The minimum Gasteiger partial charge on any atom is -0.445 e. The van der Waals surface area contributed by atoms with Crippen molar-refractivity contribution < 1.29 is 19.2 Å². The maximum Gasteiger partial charge on any atom is 0.410 e. The third kappa shape index (κ3) is 5.99. The molecule has 0 radical (unpaired) electrons. The molecule has 0 bridgehead atoms. The molecule has 1 fully saturated rings. The fourth-order valence-electron chi connectivity index (χ4n) is 3.88. The van der Waals surface area contributed by atoms with Crippen molar-refractivity contribution in [3.63, 3.8) is 0 Å². The summed E-state index contributed by atoms with van der Waals surface area (Å²) in [6.07, 6.45) is 1.78. The van der Waals surface area contributed by atoms with Crippen molar-refractivity contribution in [2.45, 2.75) is 49.8 Å². The second kappa shape index (κ2) is 10.6. The zero-order chi connectivity index (χ0) is 22.3. The van der Waals surface area contributed by atoms with Gasteiger partial charge < -0.3 is 9.64 Å². The smallest absolute Gasteiger partial charge is 0.410 e. The van der Waals surface area contributed by atoms with Crippen LogP contribution in [-0.4, -0.2) is 47.0 Å². The van der Waals surface area contributed by atoms with E-state index >= 15 is 0 Å². The van der Waals surface area contributed by atoms with E-state index in [4.69, 9.17) is 21.2 Å². The highest BCUT2D eigenvalue weighted by Gasteiger charge is 2.44. The largest absolute Gasteiger partial charge is 0.445 e. The van der Waals surface area contributed by atoms with Crippen LogP contribution in [0.3, 0.4) is 0 Å². The van der Waals surface area contributed by atoms with Crippen LogP contribution in [-0.2, 0) is 27.5 Å². The second-order valence-electron chi connectivity index (χ2n) is 7.84. The standard InChI is InChI=1S/C24H29ClN2O4/c1-26(30-2)22(28)24(25)15-13-21(14-16-24)27(17-19-9-5-3-6-10-19)23(29)31-18-20-11-7-4-8-12-20/h3-12,21H,13-18H2,1-2H3. The molecular weight excluding hydrogens is 416 g/mol. The van der Waals surface area contributed by atoms with E-state index in [1.807, 2.05) is 60.7 Å². The maximum atomic E-state index is 13.0. The zero-order valence-corrected chi connectivity index (χ0v) is 18.8. The summed E-state index contributed by atoms with van der Waals surface area (Å²) in [5.41, 5.74) is 1.96. The molecule has 0 aromatic heterocycles. The molecule has 7 heteroatoms. The third-order valence-corrected chi connectivity index (χ3v) is 6.31. The van der Waals surface area contributed by atoms with Crippen molar-refractivity contribution in [3.8, 4) is 0 Å². The number of alkyl halides is 1. The number of hydrogen-bond acceptors (Lipinski definition) is 4. The minimum absolute atomic E-state index is 0.0593. The van der Waals surface area contributed by atoms with Gasteiger partial charge in [0.2, 0.25) is 0 Å². The molecule has 0 spiro atoms. The fraction of sp³-hybridized carbons (Fsp3) is 0.417. The number of amides is 2. The Hall–Kier alpha value is -2.57. The molecule has 0 atom stereocenters. The Balaban J connectivity index is 1.69. The molecular formula is C24H29ClN2O4. The van der Waals surface area contributed by atoms with Gasteiger partial charge in [-0.1, -0.05) is 60.7 Å². The van der Waals surface area contributed by atoms with Gasteiger partial charge in [-0.25, -0.2) is 9.86 Å². The van der Waals surface area contributed by atoms with E-state index in [-0.39, 0.29) is 24.6 Å². The number of nitrogens with zero attached hydrogens (tertiary/aromatic N) is 2. The highest BCUT2D eigenvalue weighted by Crippen LogP contribution is 2.38. The predicted molar refractivity (Wildman–Crippen MR) is 119 cm³/mol. The molecule has 2 aromatic rings. The summed E-state index contributed by atoms with van der Waals surface area (Å²) in [5, 5.41) is 1.17. The molecule has 2 amide bonds. The maximum absolute atomic E-state index is 13.0. The Morgan fingerprint density at radius 2 is 1.55 bits per heavy atom. The van der Waals surface area contributed by atoms with Gasteiger partial charge in [0.1, 0.15) is 11.5 Å². The summed E-state index contributed by atoms with van der Waals surface area (Å²) in [5.74, 6) is -0.253. The van der Waals surface area contributed by atoms with Crippen LogP contribution in [0.15, 0.2) is 60.7 Å². The van der Waals surface area contributed by atoms with Crippen LogP contribution in [0.5, 0.6) is 0 Å². The molecule has 0 saturated heterocycles. The summed E-state index contributed by atoms with van der Waals surface area (Å²) in [4.78, 5) is 31.4. The molecule has 0 aliphatic heterocycles. The summed E-state index contributed by atoms with van der Waals surface area (Å²) < 4.78 is 5.63. The Morgan fingerprint density at radius 3 is 2.10 bits per heavy atom. The fourth-order valence-corrected chi connectivity index (χ4v) is 4.21. The van der Waals surface area contributed by atoms with Crippen molar-refractivity contribution in [2.24, 2.45) is 0 Å². The summed E-state index contributed by atoms with van der Waals surface area (Å²) in [6, 6.07) is 19.4. The number of ether oxygens (including phenoxy) is 1. The summed E-state index contributed by atoms with van der Waals surface area (Å²) >= 11 is 6.64. The Labute approximate surface area is 188 Å². The van der Waals surface area contributed by atoms with Gasteiger partial charge in [0.15, 0.2) is 0 Å². The van der Waals surface area contributed by atoms with E-state index in [1.165, 1.54) is 12.2 Å². The van der Waals surface area contributed by atoms with Gasteiger partial charge in [0.05, 0.1) is 7.11 Å². The molecule has 6 nitrogen and oxygen atoms in total. The zero-order valence-electron chi connectivity index (χ0n) is 18.0. The molecule has 0 N–H and O–H groups in total. The molecule has 3 rings (SSSR count). The lowest BCUT2D eigenvalue weighted by atomic mass is 9.84. The van der Waals surface area contributed by atoms with Crippen molar-refractivity contribution in [3.05, 3.63) is 71.8 Å². The van der Waals surface area contributed by atoms with Crippen LogP contribution in [0.2, 0.25) is 0 Å². The van der Waals surface area contributed by atoms with Crippen LogP contribution in [0.25, 0.3) is 0 Å². The van der Waals surface area contributed by atoms with Gasteiger partial charge in [-0.15, -0.1) is 11.6 Å². The number of carbonyl (C=O) groups is 2. The van der Waals surface area contributed by atoms with Crippen molar-refractivity contribution in [1.29, 1.82) is 0 Å². The van der Waals surface area contributed by atoms with Crippen LogP contribution in [0, 0.1) is 0 Å². The third-order valence-electron chi connectivity index (χ3n) is 5.77. The van der Waals surface area contributed by atoms with Gasteiger partial charge >= 0.3 is 6.09 Å². The average Bonchev–Trinajstić information content (AvgIpc) is 2.82. The van der Waals surface area contributed by atoms with Crippen LogP contribution >= 0.6 is 11.6 Å². The van der Waals surface area contributed by atoms with Crippen molar-refractivity contribution >= 4 is 23.6 Å². The molecule has 1 aliphatic carbocycles. The monoisotopic (exact) mass is 444 g/mol. The highest BCUT2D eigenvalue weighted by atomic mass is 35.5. The van der Waals surface area contributed by atoms with E-state index in [1.54, 1.807) is 11.9 Å². The van der Waals surface area contributed by atoms with Crippen LogP contribution < -0.4 is 0 Å². The Kier molecular flexibility index (Phi) is 7.93. The number of halogens is 1. The average molecular weight is 445 g/mol. The van der Waals surface area contributed by atoms with E-state index in [9.17, 15) is 9.59 Å². The van der Waals surface area contributed by atoms with Crippen LogP contribution in [0.4, 0.5) is 4.79 Å². The SMILES string of the molecule is CON(C)C(=O)C1(Cl)CCC(N(Cc2ccccc2)C(=O)OCc2ccccc2)CC1. The molecule has 0 heterocycles. The van der Waals surface area contributed by atoms with Gasteiger partial charge in [-0.2, -0.15) is 0 Å². The molecule has 1 saturated carbocycles. The van der Waals surface area contributed by atoms with E-state index < -0.39 is 4.87 Å². The molecule has 166 valence electrons. The number of hydroxylamine groups is 2. The lowest BCUT2D eigenvalue weighted by molar-refractivity contribution is -0.173.